The van der Waals surface area contributed by atoms with Crippen molar-refractivity contribution >= 4 is 23.2 Å². The molecule has 0 bridgehead atoms. The Kier molecular flexibility index (Phi) is 5.04. The molecule has 0 aliphatic rings. The van der Waals surface area contributed by atoms with Gasteiger partial charge in [-0.3, -0.25) is 4.79 Å². The molecule has 6 heteroatoms. The number of hydrogen-bond donors (Lipinski definition) is 1. The maximum Gasteiger partial charge on any atom is 0.273 e. The molecule has 2 atom stereocenters. The Hall–Kier alpha value is -2.40. The van der Waals surface area contributed by atoms with Crippen molar-refractivity contribution in [3.8, 4) is 0 Å². The minimum atomic E-state index is -0.311. The first-order valence-corrected chi connectivity index (χ1v) is 8.78. The number of nitrogens with zero attached hydrogens (tertiary/aromatic N) is 3. The van der Waals surface area contributed by atoms with E-state index < -0.39 is 0 Å². The summed E-state index contributed by atoms with van der Waals surface area (Å²) in [4.78, 5) is 16.7. The fraction of sp³-hybridized carbons (Fsp3) is 0.316. The zero-order valence-electron chi connectivity index (χ0n) is 14.5. The number of nitrogens with one attached hydrogen (secondary N) is 1. The second-order valence-corrected chi connectivity index (χ2v) is 6.60. The van der Waals surface area contributed by atoms with Crippen molar-refractivity contribution in [1.29, 1.82) is 0 Å². The molecule has 0 saturated heterocycles. The predicted molar refractivity (Wildman–Crippen MR) is 99.0 cm³/mol. The van der Waals surface area contributed by atoms with Crippen LogP contribution in [-0.4, -0.2) is 20.5 Å². The van der Waals surface area contributed by atoms with Gasteiger partial charge in [-0.25, -0.2) is 9.50 Å². The highest BCUT2D eigenvalue weighted by atomic mass is 35.5. The molecule has 0 fully saturated rings. The normalized spacial score (nSPS) is 13.6. The Balaban J connectivity index is 1.76. The monoisotopic (exact) mass is 356 g/mol. The van der Waals surface area contributed by atoms with Crippen molar-refractivity contribution in [3.05, 3.63) is 64.6 Å². The van der Waals surface area contributed by atoms with Crippen LogP contribution >= 0.6 is 11.6 Å². The van der Waals surface area contributed by atoms with Crippen LogP contribution in [0.4, 0.5) is 0 Å². The van der Waals surface area contributed by atoms with E-state index in [-0.39, 0.29) is 22.7 Å². The van der Waals surface area contributed by atoms with Crippen LogP contribution in [0.3, 0.4) is 0 Å². The lowest BCUT2D eigenvalue weighted by atomic mass is 9.96. The lowest BCUT2D eigenvalue weighted by Crippen LogP contribution is -2.27. The number of aromatic nitrogens is 3. The first kappa shape index (κ1) is 17.4. The highest BCUT2D eigenvalue weighted by Crippen LogP contribution is 2.23. The van der Waals surface area contributed by atoms with Gasteiger partial charge >= 0.3 is 0 Å². The third kappa shape index (κ3) is 3.51. The summed E-state index contributed by atoms with van der Waals surface area (Å²) in [5, 5.41) is 7.43. The van der Waals surface area contributed by atoms with Gasteiger partial charge in [0.2, 0.25) is 0 Å². The van der Waals surface area contributed by atoms with Crippen LogP contribution in [0.1, 0.15) is 60.8 Å². The van der Waals surface area contributed by atoms with E-state index in [9.17, 15) is 4.79 Å². The van der Waals surface area contributed by atoms with E-state index in [0.29, 0.717) is 11.6 Å². The number of hydrogen-bond acceptors (Lipinski definition) is 3. The zero-order chi connectivity index (χ0) is 18.0. The van der Waals surface area contributed by atoms with E-state index in [1.807, 2.05) is 6.92 Å². The maximum atomic E-state index is 12.5. The molecule has 2 aromatic heterocycles. The summed E-state index contributed by atoms with van der Waals surface area (Å²) in [6.07, 6.45) is 4.43. The Morgan fingerprint density at radius 2 is 1.92 bits per heavy atom. The third-order valence-corrected chi connectivity index (χ3v) is 4.87. The summed E-state index contributed by atoms with van der Waals surface area (Å²) in [7, 11) is 0. The second-order valence-electron chi connectivity index (χ2n) is 6.22. The molecule has 130 valence electrons. The smallest absolute Gasteiger partial charge is 0.273 e. The summed E-state index contributed by atoms with van der Waals surface area (Å²) in [5.41, 5.74) is 3.00. The average molecular weight is 357 g/mol. The number of fused-ring (bicyclic) bond motifs is 1. The highest BCUT2D eigenvalue weighted by Gasteiger charge is 2.20. The quantitative estimate of drug-likeness (QED) is 0.737. The fourth-order valence-electron chi connectivity index (χ4n) is 2.70. The van der Waals surface area contributed by atoms with E-state index in [2.05, 4.69) is 53.5 Å². The Bertz CT molecular complexity index is 888. The molecule has 1 aromatic carbocycles. The molecular weight excluding hydrogens is 336 g/mol. The van der Waals surface area contributed by atoms with Gasteiger partial charge in [0.05, 0.1) is 6.04 Å². The van der Waals surface area contributed by atoms with Crippen molar-refractivity contribution in [1.82, 2.24) is 19.9 Å². The average Bonchev–Trinajstić information content (AvgIpc) is 2.98. The molecule has 0 aliphatic heterocycles. The molecule has 3 rings (SSSR count). The molecule has 0 aliphatic carbocycles. The van der Waals surface area contributed by atoms with Gasteiger partial charge in [0.1, 0.15) is 5.02 Å². The topological polar surface area (TPSA) is 59.3 Å². The van der Waals surface area contributed by atoms with Crippen LogP contribution in [0.2, 0.25) is 5.02 Å². The number of carbonyl (C=O) groups excluding carboxylic acids is 1. The maximum absolute atomic E-state index is 12.5. The van der Waals surface area contributed by atoms with Gasteiger partial charge < -0.3 is 5.32 Å². The van der Waals surface area contributed by atoms with Crippen molar-refractivity contribution in [3.63, 3.8) is 0 Å². The SMILES string of the molecule is CC[C@@H](C)c1ccc([C@@H](C)NC(=O)c2nn3cccnc3c2Cl)cc1. The van der Waals surface area contributed by atoms with E-state index in [1.165, 1.54) is 10.1 Å². The van der Waals surface area contributed by atoms with Crippen LogP contribution in [0.25, 0.3) is 5.65 Å². The predicted octanol–water partition coefficient (Wildman–Crippen LogP) is 4.39. The number of benzene rings is 1. The van der Waals surface area contributed by atoms with Crippen LogP contribution in [0.5, 0.6) is 0 Å². The Morgan fingerprint density at radius 1 is 1.24 bits per heavy atom. The first-order valence-electron chi connectivity index (χ1n) is 8.40. The molecule has 0 spiro atoms. The van der Waals surface area contributed by atoms with Gasteiger partial charge in [-0.05, 0) is 36.5 Å². The van der Waals surface area contributed by atoms with E-state index in [0.717, 1.165) is 12.0 Å². The van der Waals surface area contributed by atoms with E-state index >= 15 is 0 Å². The zero-order valence-corrected chi connectivity index (χ0v) is 15.3. The standard InChI is InChI=1S/C19H21ClN4O/c1-4-12(2)14-6-8-15(9-7-14)13(3)22-19(25)17-16(20)18-21-10-5-11-24(18)23-17/h5-13H,4H2,1-3H3,(H,22,25)/t12-,13-/m1/s1. The summed E-state index contributed by atoms with van der Waals surface area (Å²) >= 11 is 6.25. The molecule has 1 amide bonds. The van der Waals surface area contributed by atoms with Crippen LogP contribution in [0, 0.1) is 0 Å². The van der Waals surface area contributed by atoms with Gasteiger partial charge in [-0.1, -0.05) is 49.7 Å². The van der Waals surface area contributed by atoms with Crippen molar-refractivity contribution in [2.24, 2.45) is 0 Å². The number of carbonyl (C=O) groups is 1. The summed E-state index contributed by atoms with van der Waals surface area (Å²) < 4.78 is 1.50. The second kappa shape index (κ2) is 7.23. The summed E-state index contributed by atoms with van der Waals surface area (Å²) in [5.74, 6) is 0.220. The number of halogens is 1. The third-order valence-electron chi connectivity index (χ3n) is 4.52. The molecule has 1 N–H and O–H groups in total. The molecule has 25 heavy (non-hydrogen) atoms. The largest absolute Gasteiger partial charge is 0.344 e. The van der Waals surface area contributed by atoms with Crippen molar-refractivity contribution in [2.45, 2.75) is 39.2 Å². The van der Waals surface area contributed by atoms with Gasteiger partial charge in [-0.2, -0.15) is 5.10 Å². The van der Waals surface area contributed by atoms with Gasteiger partial charge in [-0.15, -0.1) is 0 Å². The fourth-order valence-corrected chi connectivity index (χ4v) is 2.96. The first-order chi connectivity index (χ1) is 12.0. The minimum Gasteiger partial charge on any atom is -0.344 e. The lowest BCUT2D eigenvalue weighted by Gasteiger charge is -2.15. The molecule has 0 saturated carbocycles. The number of rotatable bonds is 5. The van der Waals surface area contributed by atoms with Crippen LogP contribution in [-0.2, 0) is 0 Å². The lowest BCUT2D eigenvalue weighted by molar-refractivity contribution is 0.0934. The molecule has 5 nitrogen and oxygen atoms in total. The molecule has 3 aromatic rings. The summed E-state index contributed by atoms with van der Waals surface area (Å²) in [6, 6.07) is 9.94. The van der Waals surface area contributed by atoms with Crippen molar-refractivity contribution in [2.75, 3.05) is 0 Å². The van der Waals surface area contributed by atoms with Crippen molar-refractivity contribution < 1.29 is 4.79 Å². The van der Waals surface area contributed by atoms with Gasteiger partial charge in [0, 0.05) is 12.4 Å². The van der Waals surface area contributed by atoms with E-state index in [4.69, 9.17) is 11.6 Å². The molecule has 0 unspecified atom stereocenters. The Labute approximate surface area is 152 Å². The van der Waals surface area contributed by atoms with Gasteiger partial charge in [0.15, 0.2) is 11.3 Å². The van der Waals surface area contributed by atoms with Crippen LogP contribution < -0.4 is 5.32 Å². The molecule has 2 heterocycles. The minimum absolute atomic E-state index is 0.146. The molecular formula is C19H21ClN4O. The highest BCUT2D eigenvalue weighted by molar-refractivity contribution is 6.36. The summed E-state index contributed by atoms with van der Waals surface area (Å²) in [6.45, 7) is 6.33. The van der Waals surface area contributed by atoms with E-state index in [1.54, 1.807) is 18.5 Å². The van der Waals surface area contributed by atoms with Gasteiger partial charge in [0.25, 0.3) is 5.91 Å². The Morgan fingerprint density at radius 3 is 2.56 bits per heavy atom. The number of amides is 1. The van der Waals surface area contributed by atoms with Crippen LogP contribution in [0.15, 0.2) is 42.7 Å². The molecule has 0 radical (unpaired) electrons.